The summed E-state index contributed by atoms with van der Waals surface area (Å²) in [5.74, 6) is 0.916. The lowest BCUT2D eigenvalue weighted by Gasteiger charge is -2.25. The minimum absolute atomic E-state index is 0.169. The van der Waals surface area contributed by atoms with Gasteiger partial charge in [0.25, 0.3) is 0 Å². The topological polar surface area (TPSA) is 81.2 Å². The Balaban J connectivity index is 2.57. The fourth-order valence-electron chi connectivity index (χ4n) is 1.99. The van der Waals surface area contributed by atoms with E-state index in [9.17, 15) is 4.79 Å². The molecule has 0 aliphatic carbocycles. The molecule has 1 atom stereocenters. The van der Waals surface area contributed by atoms with E-state index in [0.29, 0.717) is 18.2 Å². The van der Waals surface area contributed by atoms with Crippen molar-refractivity contribution in [2.45, 2.75) is 66.0 Å². The highest BCUT2D eigenvalue weighted by Gasteiger charge is 2.27. The van der Waals surface area contributed by atoms with Crippen molar-refractivity contribution in [3.63, 3.8) is 0 Å². The van der Waals surface area contributed by atoms with Gasteiger partial charge in [-0.3, -0.25) is 4.79 Å². The van der Waals surface area contributed by atoms with E-state index >= 15 is 0 Å². The van der Waals surface area contributed by atoms with Crippen molar-refractivity contribution < 1.29 is 9.32 Å². The van der Waals surface area contributed by atoms with Crippen molar-refractivity contribution in [3.05, 3.63) is 17.5 Å². The Morgan fingerprint density at radius 3 is 2.50 bits per heavy atom. The number of nitrogens with zero attached hydrogens (tertiary/aromatic N) is 1. The summed E-state index contributed by atoms with van der Waals surface area (Å²) in [4.78, 5) is 11.9. The SMILES string of the molecule is CCC(CC)c1cc(CNC(=O)[C@@H](N)C(C)(C)C)on1. The zero-order valence-corrected chi connectivity index (χ0v) is 13.2. The first-order valence-electron chi connectivity index (χ1n) is 7.28. The van der Waals surface area contributed by atoms with Crippen LogP contribution in [0.5, 0.6) is 0 Å². The summed E-state index contributed by atoms with van der Waals surface area (Å²) >= 11 is 0. The highest BCUT2D eigenvalue weighted by atomic mass is 16.5. The van der Waals surface area contributed by atoms with E-state index in [1.165, 1.54) is 0 Å². The fourth-order valence-corrected chi connectivity index (χ4v) is 1.99. The van der Waals surface area contributed by atoms with Crippen molar-refractivity contribution in [1.29, 1.82) is 0 Å². The van der Waals surface area contributed by atoms with Crippen LogP contribution in [-0.2, 0) is 11.3 Å². The summed E-state index contributed by atoms with van der Waals surface area (Å²) in [6.45, 7) is 10.4. The van der Waals surface area contributed by atoms with Gasteiger partial charge in [-0.05, 0) is 18.3 Å². The van der Waals surface area contributed by atoms with Crippen LogP contribution in [0.15, 0.2) is 10.6 Å². The molecule has 0 aromatic carbocycles. The van der Waals surface area contributed by atoms with Gasteiger partial charge in [0, 0.05) is 12.0 Å². The first-order chi connectivity index (χ1) is 9.29. The highest BCUT2D eigenvalue weighted by molar-refractivity contribution is 5.82. The fraction of sp³-hybridized carbons (Fsp3) is 0.733. The zero-order chi connectivity index (χ0) is 15.3. The number of hydrogen-bond acceptors (Lipinski definition) is 4. The van der Waals surface area contributed by atoms with Gasteiger partial charge in [0.1, 0.15) is 0 Å². The number of nitrogens with two attached hydrogens (primary N) is 1. The first-order valence-corrected chi connectivity index (χ1v) is 7.28. The molecule has 114 valence electrons. The van der Waals surface area contributed by atoms with Crippen LogP contribution in [0.25, 0.3) is 0 Å². The van der Waals surface area contributed by atoms with E-state index < -0.39 is 6.04 Å². The van der Waals surface area contributed by atoms with Crippen LogP contribution >= 0.6 is 0 Å². The monoisotopic (exact) mass is 281 g/mol. The van der Waals surface area contributed by atoms with Gasteiger partial charge in [0.15, 0.2) is 5.76 Å². The molecule has 0 aliphatic heterocycles. The van der Waals surface area contributed by atoms with Crippen LogP contribution in [0.4, 0.5) is 0 Å². The minimum Gasteiger partial charge on any atom is -0.359 e. The lowest BCUT2D eigenvalue weighted by atomic mass is 9.87. The molecule has 1 amide bonds. The molecule has 0 fully saturated rings. The molecule has 0 saturated carbocycles. The van der Waals surface area contributed by atoms with Crippen LogP contribution in [0, 0.1) is 5.41 Å². The minimum atomic E-state index is -0.538. The van der Waals surface area contributed by atoms with Gasteiger partial charge in [-0.1, -0.05) is 39.8 Å². The van der Waals surface area contributed by atoms with Gasteiger partial charge in [-0.25, -0.2) is 0 Å². The number of hydrogen-bond donors (Lipinski definition) is 2. The molecule has 0 spiro atoms. The molecule has 3 N–H and O–H groups in total. The van der Waals surface area contributed by atoms with Gasteiger partial charge in [-0.2, -0.15) is 0 Å². The second kappa shape index (κ2) is 6.88. The Labute approximate surface area is 121 Å². The van der Waals surface area contributed by atoms with Crippen LogP contribution in [-0.4, -0.2) is 17.1 Å². The number of aromatic nitrogens is 1. The second-order valence-electron chi connectivity index (χ2n) is 6.29. The number of nitrogens with one attached hydrogen (secondary N) is 1. The third kappa shape index (κ3) is 4.34. The predicted molar refractivity (Wildman–Crippen MR) is 79.1 cm³/mol. The molecule has 1 aromatic heterocycles. The standard InChI is InChI=1S/C15H27N3O2/c1-6-10(7-2)12-8-11(20-18-12)9-17-14(19)13(16)15(3,4)5/h8,10,13H,6-7,9,16H2,1-5H3,(H,17,19)/t13-/m1/s1. The van der Waals surface area contributed by atoms with E-state index in [1.807, 2.05) is 26.8 Å². The van der Waals surface area contributed by atoms with Crippen molar-refractivity contribution in [2.75, 3.05) is 0 Å². The Bertz CT molecular complexity index is 431. The van der Waals surface area contributed by atoms with E-state index in [2.05, 4.69) is 24.3 Å². The Hall–Kier alpha value is -1.36. The molecule has 0 radical (unpaired) electrons. The van der Waals surface area contributed by atoms with Crippen LogP contribution in [0.1, 0.15) is 64.8 Å². The van der Waals surface area contributed by atoms with Crippen LogP contribution < -0.4 is 11.1 Å². The second-order valence-corrected chi connectivity index (χ2v) is 6.29. The van der Waals surface area contributed by atoms with Gasteiger partial charge < -0.3 is 15.6 Å². The van der Waals surface area contributed by atoms with Gasteiger partial charge in [0.05, 0.1) is 18.3 Å². The third-order valence-electron chi connectivity index (χ3n) is 3.63. The molecular weight excluding hydrogens is 254 g/mol. The van der Waals surface area contributed by atoms with Gasteiger partial charge >= 0.3 is 0 Å². The number of amides is 1. The largest absolute Gasteiger partial charge is 0.359 e. The summed E-state index contributed by atoms with van der Waals surface area (Å²) in [6.07, 6.45) is 2.06. The van der Waals surface area contributed by atoms with Crippen LogP contribution in [0.3, 0.4) is 0 Å². The molecule has 0 saturated heterocycles. The van der Waals surface area contributed by atoms with Crippen molar-refractivity contribution in [3.8, 4) is 0 Å². The quantitative estimate of drug-likeness (QED) is 0.839. The molecule has 0 unspecified atom stereocenters. The lowest BCUT2D eigenvalue weighted by Crippen LogP contribution is -2.48. The van der Waals surface area contributed by atoms with E-state index in [-0.39, 0.29) is 11.3 Å². The Morgan fingerprint density at radius 1 is 1.40 bits per heavy atom. The average Bonchev–Trinajstić information content (AvgIpc) is 2.84. The summed E-state index contributed by atoms with van der Waals surface area (Å²) in [7, 11) is 0. The average molecular weight is 281 g/mol. The number of rotatable bonds is 6. The van der Waals surface area contributed by atoms with Crippen molar-refractivity contribution >= 4 is 5.91 Å². The van der Waals surface area contributed by atoms with Crippen LogP contribution in [0.2, 0.25) is 0 Å². The Morgan fingerprint density at radius 2 is 2.00 bits per heavy atom. The third-order valence-corrected chi connectivity index (χ3v) is 3.63. The summed E-state index contributed by atoms with van der Waals surface area (Å²) in [6, 6.07) is 1.38. The summed E-state index contributed by atoms with van der Waals surface area (Å²) in [5.41, 5.74) is 6.60. The van der Waals surface area contributed by atoms with Gasteiger partial charge in [-0.15, -0.1) is 0 Å². The molecule has 0 aliphatic rings. The number of carbonyl (C=O) groups excluding carboxylic acids is 1. The maximum Gasteiger partial charge on any atom is 0.237 e. The van der Waals surface area contributed by atoms with Crippen molar-refractivity contribution in [1.82, 2.24) is 10.5 Å². The normalized spacial score (nSPS) is 13.6. The predicted octanol–water partition coefficient (Wildman–Crippen LogP) is 2.57. The molecule has 0 bridgehead atoms. The van der Waals surface area contributed by atoms with Gasteiger partial charge in [0.2, 0.25) is 5.91 Å². The molecule has 1 aromatic rings. The lowest BCUT2D eigenvalue weighted by molar-refractivity contribution is -0.124. The van der Waals surface area contributed by atoms with E-state index in [0.717, 1.165) is 18.5 Å². The summed E-state index contributed by atoms with van der Waals surface area (Å²) < 4.78 is 5.26. The summed E-state index contributed by atoms with van der Waals surface area (Å²) in [5, 5.41) is 6.87. The van der Waals surface area contributed by atoms with Crippen molar-refractivity contribution in [2.24, 2.45) is 11.1 Å². The smallest absolute Gasteiger partial charge is 0.237 e. The molecule has 20 heavy (non-hydrogen) atoms. The molecule has 1 heterocycles. The highest BCUT2D eigenvalue weighted by Crippen LogP contribution is 2.22. The maximum absolute atomic E-state index is 11.9. The maximum atomic E-state index is 11.9. The molecule has 5 heteroatoms. The molecule has 1 rings (SSSR count). The molecule has 5 nitrogen and oxygen atoms in total. The first kappa shape index (κ1) is 16.7. The van der Waals surface area contributed by atoms with E-state index in [1.54, 1.807) is 0 Å². The number of carbonyl (C=O) groups is 1. The zero-order valence-electron chi connectivity index (χ0n) is 13.2. The van der Waals surface area contributed by atoms with E-state index in [4.69, 9.17) is 10.3 Å². The Kier molecular flexibility index (Phi) is 5.74. The molecular formula is C15H27N3O2.